The summed E-state index contributed by atoms with van der Waals surface area (Å²) in [7, 11) is 0. The van der Waals surface area contributed by atoms with Crippen LogP contribution in [0.15, 0.2) is 12.3 Å². The van der Waals surface area contributed by atoms with Crippen molar-refractivity contribution in [2.24, 2.45) is 5.92 Å². The molecule has 0 atom stereocenters. The lowest BCUT2D eigenvalue weighted by molar-refractivity contribution is -0.137. The number of anilines is 1. The minimum atomic E-state index is -4.45. The normalized spacial score (nSPS) is 17.1. The Morgan fingerprint density at radius 1 is 1.41 bits per heavy atom. The summed E-state index contributed by atoms with van der Waals surface area (Å²) in [6.45, 7) is 0.442. The van der Waals surface area contributed by atoms with Gasteiger partial charge in [-0.05, 0) is 6.07 Å². The van der Waals surface area contributed by atoms with Crippen molar-refractivity contribution in [2.75, 3.05) is 24.7 Å². The third-order valence-electron chi connectivity index (χ3n) is 2.62. The summed E-state index contributed by atoms with van der Waals surface area (Å²) in [4.78, 5) is 5.35. The van der Waals surface area contributed by atoms with Gasteiger partial charge in [0.2, 0.25) is 0 Å². The second kappa shape index (κ2) is 4.33. The third kappa shape index (κ3) is 2.46. The van der Waals surface area contributed by atoms with Crippen molar-refractivity contribution in [1.29, 1.82) is 0 Å². The predicted molar refractivity (Wildman–Crippen MR) is 55.9 cm³/mol. The fourth-order valence-electron chi connectivity index (χ4n) is 1.66. The van der Waals surface area contributed by atoms with Gasteiger partial charge in [0.1, 0.15) is 5.82 Å². The number of alkyl halides is 4. The number of hydrogen-bond donors (Lipinski definition) is 0. The second-order valence-electron chi connectivity index (χ2n) is 3.95. The third-order valence-corrected chi connectivity index (χ3v) is 2.90. The van der Waals surface area contributed by atoms with Gasteiger partial charge in [0, 0.05) is 25.2 Å². The number of pyridine rings is 1. The Balaban J connectivity index is 2.16. The van der Waals surface area contributed by atoms with E-state index in [2.05, 4.69) is 4.98 Å². The molecule has 0 radical (unpaired) electrons. The average Bonchev–Trinajstić information content (AvgIpc) is 2.17. The Morgan fingerprint density at radius 3 is 2.53 bits per heavy atom. The molecule has 2 nitrogen and oxygen atoms in total. The molecule has 0 aromatic carbocycles. The van der Waals surface area contributed by atoms with Crippen LogP contribution in [0, 0.1) is 5.92 Å². The Hall–Kier alpha value is -1.04. The SMILES string of the molecule is FCC1CN(c2ncc(C(F)(F)F)cc2Cl)C1. The predicted octanol–water partition coefficient (Wildman–Crippen LogP) is 3.16. The standard InChI is InChI=1S/C10H9ClF4N2/c11-8-1-7(10(13,14)15)3-16-9(8)17-4-6(2-12)5-17/h1,3,6H,2,4-5H2. The highest BCUT2D eigenvalue weighted by molar-refractivity contribution is 6.33. The lowest BCUT2D eigenvalue weighted by atomic mass is 10.0. The first-order valence-electron chi connectivity index (χ1n) is 4.95. The lowest BCUT2D eigenvalue weighted by Gasteiger charge is -2.39. The molecule has 17 heavy (non-hydrogen) atoms. The second-order valence-corrected chi connectivity index (χ2v) is 4.36. The molecule has 1 aromatic rings. The van der Waals surface area contributed by atoms with Gasteiger partial charge in [-0.3, -0.25) is 4.39 Å². The van der Waals surface area contributed by atoms with Crippen molar-refractivity contribution in [3.05, 3.63) is 22.8 Å². The van der Waals surface area contributed by atoms with Crippen molar-refractivity contribution in [3.63, 3.8) is 0 Å². The number of rotatable bonds is 2. The molecule has 0 aliphatic carbocycles. The van der Waals surface area contributed by atoms with Crippen LogP contribution in [0.25, 0.3) is 0 Å². The molecule has 1 aliphatic rings. The molecule has 0 amide bonds. The average molecular weight is 269 g/mol. The molecule has 2 rings (SSSR count). The van der Waals surface area contributed by atoms with Gasteiger partial charge < -0.3 is 4.90 Å². The fourth-order valence-corrected chi connectivity index (χ4v) is 1.94. The molecular weight excluding hydrogens is 260 g/mol. The van der Waals surface area contributed by atoms with Gasteiger partial charge in [-0.25, -0.2) is 4.98 Å². The van der Waals surface area contributed by atoms with E-state index in [1.807, 2.05) is 0 Å². The maximum atomic E-state index is 12.4. The molecule has 1 saturated heterocycles. The van der Waals surface area contributed by atoms with E-state index in [0.717, 1.165) is 12.3 Å². The largest absolute Gasteiger partial charge is 0.417 e. The molecule has 0 spiro atoms. The van der Waals surface area contributed by atoms with Crippen LogP contribution < -0.4 is 4.90 Å². The molecule has 1 fully saturated rings. The van der Waals surface area contributed by atoms with Gasteiger partial charge in [-0.2, -0.15) is 13.2 Å². The summed E-state index contributed by atoms with van der Waals surface area (Å²) in [6, 6.07) is 0.840. The lowest BCUT2D eigenvalue weighted by Crippen LogP contribution is -2.48. The van der Waals surface area contributed by atoms with E-state index in [4.69, 9.17) is 11.6 Å². The zero-order chi connectivity index (χ0) is 12.6. The van der Waals surface area contributed by atoms with E-state index in [9.17, 15) is 17.6 Å². The monoisotopic (exact) mass is 268 g/mol. The molecule has 7 heteroatoms. The maximum Gasteiger partial charge on any atom is 0.417 e. The Labute approximate surface area is 100 Å². The van der Waals surface area contributed by atoms with Crippen LogP contribution in [0.5, 0.6) is 0 Å². The summed E-state index contributed by atoms with van der Waals surface area (Å²) >= 11 is 5.74. The van der Waals surface area contributed by atoms with Gasteiger partial charge in [0.05, 0.1) is 17.3 Å². The molecule has 1 aromatic heterocycles. The number of halogens is 5. The van der Waals surface area contributed by atoms with Crippen molar-refractivity contribution in [1.82, 2.24) is 4.98 Å². The molecular formula is C10H9ClF4N2. The van der Waals surface area contributed by atoms with Gasteiger partial charge in [0.25, 0.3) is 0 Å². The van der Waals surface area contributed by atoms with Gasteiger partial charge in [-0.1, -0.05) is 11.6 Å². The van der Waals surface area contributed by atoms with E-state index in [1.165, 1.54) is 0 Å². The molecule has 0 bridgehead atoms. The molecule has 2 heterocycles. The van der Waals surface area contributed by atoms with Gasteiger partial charge in [-0.15, -0.1) is 0 Å². The molecule has 0 N–H and O–H groups in total. The number of nitrogens with zero attached hydrogens (tertiary/aromatic N) is 2. The quantitative estimate of drug-likeness (QED) is 0.766. The first-order chi connectivity index (χ1) is 7.91. The smallest absolute Gasteiger partial charge is 0.354 e. The van der Waals surface area contributed by atoms with Crippen LogP contribution >= 0.6 is 11.6 Å². The highest BCUT2D eigenvalue weighted by atomic mass is 35.5. The zero-order valence-electron chi connectivity index (χ0n) is 8.64. The Morgan fingerprint density at radius 2 is 2.06 bits per heavy atom. The topological polar surface area (TPSA) is 16.1 Å². The summed E-state index contributed by atoms with van der Waals surface area (Å²) < 4.78 is 49.3. The molecule has 1 aliphatic heterocycles. The van der Waals surface area contributed by atoms with Crippen LogP contribution in [0.4, 0.5) is 23.4 Å². The van der Waals surface area contributed by atoms with Gasteiger partial charge >= 0.3 is 6.18 Å². The van der Waals surface area contributed by atoms with Crippen molar-refractivity contribution < 1.29 is 17.6 Å². The van der Waals surface area contributed by atoms with Crippen molar-refractivity contribution >= 4 is 17.4 Å². The number of aromatic nitrogens is 1. The first-order valence-corrected chi connectivity index (χ1v) is 5.33. The fraction of sp³-hybridized carbons (Fsp3) is 0.500. The van der Waals surface area contributed by atoms with Crippen molar-refractivity contribution in [3.8, 4) is 0 Å². The van der Waals surface area contributed by atoms with E-state index < -0.39 is 18.4 Å². The van der Waals surface area contributed by atoms with E-state index in [-0.39, 0.29) is 16.8 Å². The molecule has 94 valence electrons. The van der Waals surface area contributed by atoms with E-state index in [0.29, 0.717) is 13.1 Å². The molecule has 0 unspecified atom stereocenters. The van der Waals surface area contributed by atoms with Crippen LogP contribution in [0.1, 0.15) is 5.56 Å². The summed E-state index contributed by atoms with van der Waals surface area (Å²) in [5, 5.41) is -0.0582. The zero-order valence-corrected chi connectivity index (χ0v) is 9.39. The van der Waals surface area contributed by atoms with Crippen LogP contribution in [-0.2, 0) is 6.18 Å². The highest BCUT2D eigenvalue weighted by Gasteiger charge is 2.34. The van der Waals surface area contributed by atoms with Crippen LogP contribution in [0.2, 0.25) is 5.02 Å². The Kier molecular flexibility index (Phi) is 3.16. The maximum absolute atomic E-state index is 12.4. The van der Waals surface area contributed by atoms with E-state index in [1.54, 1.807) is 4.90 Å². The van der Waals surface area contributed by atoms with E-state index >= 15 is 0 Å². The summed E-state index contributed by atoms with van der Waals surface area (Å²) in [6.07, 6.45) is -3.71. The van der Waals surface area contributed by atoms with Crippen LogP contribution in [0.3, 0.4) is 0 Å². The minimum Gasteiger partial charge on any atom is -0.354 e. The van der Waals surface area contributed by atoms with Crippen molar-refractivity contribution in [2.45, 2.75) is 6.18 Å². The molecule has 0 saturated carbocycles. The Bertz CT molecular complexity index is 415. The minimum absolute atomic E-state index is 0.0582. The van der Waals surface area contributed by atoms with Crippen LogP contribution in [-0.4, -0.2) is 24.7 Å². The summed E-state index contributed by atoms with van der Waals surface area (Å²) in [5.41, 5.74) is -0.881. The number of hydrogen-bond acceptors (Lipinski definition) is 2. The first kappa shape index (κ1) is 12.4. The highest BCUT2D eigenvalue weighted by Crippen LogP contribution is 2.35. The summed E-state index contributed by atoms with van der Waals surface area (Å²) in [5.74, 6) is 0.208. The van der Waals surface area contributed by atoms with Gasteiger partial charge in [0.15, 0.2) is 0 Å².